The van der Waals surface area contributed by atoms with E-state index >= 15 is 0 Å². The van der Waals surface area contributed by atoms with Crippen LogP contribution >= 0.6 is 0 Å². The van der Waals surface area contributed by atoms with Crippen molar-refractivity contribution in [3.05, 3.63) is 65.2 Å². The maximum Gasteiger partial charge on any atom is 0.175 e. The van der Waals surface area contributed by atoms with Crippen molar-refractivity contribution < 1.29 is 8.42 Å². The second-order valence-electron chi connectivity index (χ2n) is 5.14. The number of benzene rings is 2. The molecule has 2 N–H and O–H groups in total. The highest BCUT2D eigenvalue weighted by atomic mass is 32.2. The zero-order valence-corrected chi connectivity index (χ0v) is 12.5. The van der Waals surface area contributed by atoms with Crippen molar-refractivity contribution in [2.75, 3.05) is 6.26 Å². The van der Waals surface area contributed by atoms with Crippen LogP contribution in [0.5, 0.6) is 0 Å². The molecular weight excluding hydrogens is 270 g/mol. The fourth-order valence-corrected chi connectivity index (χ4v) is 2.80. The van der Waals surface area contributed by atoms with Crippen molar-refractivity contribution in [1.29, 1.82) is 0 Å². The molecule has 2 aromatic carbocycles. The Labute approximate surface area is 120 Å². The van der Waals surface area contributed by atoms with Gasteiger partial charge in [-0.15, -0.1) is 0 Å². The lowest BCUT2D eigenvalue weighted by molar-refractivity contribution is 0.601. The topological polar surface area (TPSA) is 60.2 Å². The smallest absolute Gasteiger partial charge is 0.175 e. The van der Waals surface area contributed by atoms with Crippen LogP contribution in [0.4, 0.5) is 0 Å². The number of hydrogen-bond acceptors (Lipinski definition) is 3. The van der Waals surface area contributed by atoms with E-state index in [9.17, 15) is 8.42 Å². The van der Waals surface area contributed by atoms with Crippen molar-refractivity contribution in [2.24, 2.45) is 5.73 Å². The average Bonchev–Trinajstić information content (AvgIpc) is 2.38. The van der Waals surface area contributed by atoms with E-state index in [-0.39, 0.29) is 6.04 Å². The van der Waals surface area contributed by atoms with Gasteiger partial charge < -0.3 is 5.73 Å². The molecule has 0 aliphatic heterocycles. The van der Waals surface area contributed by atoms with Crippen molar-refractivity contribution in [1.82, 2.24) is 0 Å². The Morgan fingerprint density at radius 1 is 1.10 bits per heavy atom. The van der Waals surface area contributed by atoms with Gasteiger partial charge in [-0.3, -0.25) is 0 Å². The minimum atomic E-state index is -3.15. The standard InChI is InChI=1S/C16H19NO2S/c1-12-4-3-5-13(10-12)11-16(17)14-6-8-15(9-7-14)20(2,18)19/h3-10,16H,11,17H2,1-2H3. The molecule has 0 fully saturated rings. The zero-order chi connectivity index (χ0) is 14.8. The Balaban J connectivity index is 2.15. The molecule has 106 valence electrons. The fraction of sp³-hybridized carbons (Fsp3) is 0.250. The van der Waals surface area contributed by atoms with Crippen LogP contribution < -0.4 is 5.73 Å². The molecule has 0 radical (unpaired) electrons. The Morgan fingerprint density at radius 2 is 1.75 bits per heavy atom. The molecular formula is C16H19NO2S. The van der Waals surface area contributed by atoms with E-state index < -0.39 is 9.84 Å². The predicted molar refractivity (Wildman–Crippen MR) is 81.4 cm³/mol. The summed E-state index contributed by atoms with van der Waals surface area (Å²) in [6.45, 7) is 2.05. The van der Waals surface area contributed by atoms with Gasteiger partial charge in [0.15, 0.2) is 9.84 Å². The molecule has 0 aliphatic carbocycles. The summed E-state index contributed by atoms with van der Waals surface area (Å²) in [5.74, 6) is 0. The van der Waals surface area contributed by atoms with E-state index in [2.05, 4.69) is 25.1 Å². The molecule has 0 saturated carbocycles. The minimum absolute atomic E-state index is 0.134. The van der Waals surface area contributed by atoms with Crippen molar-refractivity contribution in [2.45, 2.75) is 24.3 Å². The minimum Gasteiger partial charge on any atom is -0.324 e. The molecule has 1 unspecified atom stereocenters. The van der Waals surface area contributed by atoms with Gasteiger partial charge in [0.1, 0.15) is 0 Å². The highest BCUT2D eigenvalue weighted by Gasteiger charge is 2.10. The maximum absolute atomic E-state index is 11.4. The summed E-state index contributed by atoms with van der Waals surface area (Å²) in [5.41, 5.74) is 9.53. The third-order valence-corrected chi connectivity index (χ3v) is 4.40. The van der Waals surface area contributed by atoms with E-state index in [1.54, 1.807) is 24.3 Å². The van der Waals surface area contributed by atoms with Crippen molar-refractivity contribution in [3.8, 4) is 0 Å². The first-order valence-corrected chi connectivity index (χ1v) is 8.36. The van der Waals surface area contributed by atoms with Gasteiger partial charge in [0.2, 0.25) is 0 Å². The van der Waals surface area contributed by atoms with Crippen LogP contribution in [0.3, 0.4) is 0 Å². The van der Waals surface area contributed by atoms with Gasteiger partial charge >= 0.3 is 0 Å². The lowest BCUT2D eigenvalue weighted by atomic mass is 9.99. The normalized spacial score (nSPS) is 13.2. The first kappa shape index (κ1) is 14.8. The molecule has 4 heteroatoms. The number of aryl methyl sites for hydroxylation is 1. The van der Waals surface area contributed by atoms with E-state index in [1.807, 2.05) is 6.07 Å². The summed E-state index contributed by atoms with van der Waals surface area (Å²) < 4.78 is 22.8. The first-order chi connectivity index (χ1) is 9.36. The van der Waals surface area contributed by atoms with E-state index in [0.29, 0.717) is 4.90 Å². The quantitative estimate of drug-likeness (QED) is 0.941. The molecule has 0 spiro atoms. The van der Waals surface area contributed by atoms with Crippen LogP contribution in [-0.4, -0.2) is 14.7 Å². The molecule has 0 saturated heterocycles. The lowest BCUT2D eigenvalue weighted by Crippen LogP contribution is -2.13. The first-order valence-electron chi connectivity index (χ1n) is 6.47. The summed E-state index contributed by atoms with van der Waals surface area (Å²) in [6.07, 6.45) is 1.94. The summed E-state index contributed by atoms with van der Waals surface area (Å²) in [5, 5.41) is 0. The van der Waals surface area contributed by atoms with Crippen LogP contribution in [-0.2, 0) is 16.3 Å². The number of sulfone groups is 1. The molecule has 0 amide bonds. The second kappa shape index (κ2) is 5.77. The van der Waals surface area contributed by atoms with Gasteiger partial charge in [-0.25, -0.2) is 8.42 Å². The third kappa shape index (κ3) is 3.68. The van der Waals surface area contributed by atoms with E-state index in [4.69, 9.17) is 5.73 Å². The van der Waals surface area contributed by atoms with Crippen LogP contribution in [0.2, 0.25) is 0 Å². The van der Waals surface area contributed by atoms with Crippen molar-refractivity contribution in [3.63, 3.8) is 0 Å². The Morgan fingerprint density at radius 3 is 2.30 bits per heavy atom. The molecule has 3 nitrogen and oxygen atoms in total. The predicted octanol–water partition coefficient (Wildman–Crippen LogP) is 2.64. The molecule has 20 heavy (non-hydrogen) atoms. The van der Waals surface area contributed by atoms with Crippen LogP contribution in [0.15, 0.2) is 53.4 Å². The molecule has 0 aromatic heterocycles. The molecule has 0 bridgehead atoms. The van der Waals surface area contributed by atoms with Crippen LogP contribution in [0.1, 0.15) is 22.7 Å². The monoisotopic (exact) mass is 289 g/mol. The van der Waals surface area contributed by atoms with Gasteiger partial charge in [0, 0.05) is 12.3 Å². The third-order valence-electron chi connectivity index (χ3n) is 3.27. The molecule has 0 heterocycles. The Kier molecular flexibility index (Phi) is 4.26. The van der Waals surface area contributed by atoms with E-state index in [0.717, 1.165) is 12.0 Å². The van der Waals surface area contributed by atoms with Crippen molar-refractivity contribution >= 4 is 9.84 Å². The molecule has 1 atom stereocenters. The average molecular weight is 289 g/mol. The Hall–Kier alpha value is -1.65. The molecule has 2 aromatic rings. The number of nitrogens with two attached hydrogens (primary N) is 1. The largest absolute Gasteiger partial charge is 0.324 e. The van der Waals surface area contributed by atoms with Gasteiger partial charge in [0.05, 0.1) is 4.90 Å². The van der Waals surface area contributed by atoms with Gasteiger partial charge in [-0.05, 0) is 36.6 Å². The number of hydrogen-bond donors (Lipinski definition) is 1. The summed E-state index contributed by atoms with van der Waals surface area (Å²) >= 11 is 0. The summed E-state index contributed by atoms with van der Waals surface area (Å²) in [7, 11) is -3.15. The van der Waals surface area contributed by atoms with E-state index in [1.165, 1.54) is 17.4 Å². The fourth-order valence-electron chi connectivity index (χ4n) is 2.17. The molecule has 0 aliphatic rings. The van der Waals surface area contributed by atoms with Gasteiger partial charge in [-0.1, -0.05) is 42.0 Å². The molecule has 2 rings (SSSR count). The second-order valence-corrected chi connectivity index (χ2v) is 7.16. The van der Waals surface area contributed by atoms with Gasteiger partial charge in [0.25, 0.3) is 0 Å². The zero-order valence-electron chi connectivity index (χ0n) is 11.7. The van der Waals surface area contributed by atoms with Gasteiger partial charge in [-0.2, -0.15) is 0 Å². The summed E-state index contributed by atoms with van der Waals surface area (Å²) in [6, 6.07) is 14.9. The maximum atomic E-state index is 11.4. The highest BCUT2D eigenvalue weighted by molar-refractivity contribution is 7.90. The van der Waals surface area contributed by atoms with Crippen LogP contribution in [0, 0.1) is 6.92 Å². The summed E-state index contributed by atoms with van der Waals surface area (Å²) in [4.78, 5) is 0.323. The Bertz CT molecular complexity index is 691. The lowest BCUT2D eigenvalue weighted by Gasteiger charge is -2.13. The highest BCUT2D eigenvalue weighted by Crippen LogP contribution is 2.19. The SMILES string of the molecule is Cc1cccc(CC(N)c2ccc(S(C)(=O)=O)cc2)c1. The van der Waals surface area contributed by atoms with Crippen LogP contribution in [0.25, 0.3) is 0 Å². The number of rotatable bonds is 4.